The summed E-state index contributed by atoms with van der Waals surface area (Å²) in [5, 5.41) is 11.6. The number of carboxylic acids is 1. The van der Waals surface area contributed by atoms with Gasteiger partial charge in [0.25, 0.3) is 5.91 Å². The molecule has 0 spiro atoms. The molecule has 0 radical (unpaired) electrons. The molecule has 0 bridgehead atoms. The Bertz CT molecular complexity index is 590. The Kier molecular flexibility index (Phi) is 7.81. The van der Waals surface area contributed by atoms with Crippen molar-refractivity contribution < 1.29 is 28.9 Å². The molecule has 1 unspecified atom stereocenters. The first-order valence-electron chi connectivity index (χ1n) is 7.33. The summed E-state index contributed by atoms with van der Waals surface area (Å²) in [6.45, 7) is 4.27. The Morgan fingerprint density at radius 2 is 1.92 bits per heavy atom. The second kappa shape index (κ2) is 9.34. The highest BCUT2D eigenvalue weighted by atomic mass is 35.5. The minimum Gasteiger partial charge on any atom is -0.493 e. The van der Waals surface area contributed by atoms with Crippen LogP contribution in [0.3, 0.4) is 0 Å². The smallest absolute Gasteiger partial charge is 0.328 e. The SMILES string of the molecule is COCC(NC(=O)c1cc(Cl)c(OCC(C)C)c(OC)c1)C(=O)O. The zero-order chi connectivity index (χ0) is 18.3. The summed E-state index contributed by atoms with van der Waals surface area (Å²) in [6.07, 6.45) is 0. The maximum absolute atomic E-state index is 12.2. The Labute approximate surface area is 145 Å². The molecule has 1 aromatic rings. The van der Waals surface area contributed by atoms with Gasteiger partial charge in [0.2, 0.25) is 0 Å². The van der Waals surface area contributed by atoms with Gasteiger partial charge in [-0.2, -0.15) is 0 Å². The molecule has 0 heterocycles. The van der Waals surface area contributed by atoms with Crippen LogP contribution in [0.15, 0.2) is 12.1 Å². The highest BCUT2D eigenvalue weighted by molar-refractivity contribution is 6.32. The zero-order valence-electron chi connectivity index (χ0n) is 14.1. The first-order chi connectivity index (χ1) is 11.3. The van der Waals surface area contributed by atoms with Crippen LogP contribution in [0.25, 0.3) is 0 Å². The quantitative estimate of drug-likeness (QED) is 0.702. The van der Waals surface area contributed by atoms with Crippen LogP contribution < -0.4 is 14.8 Å². The largest absolute Gasteiger partial charge is 0.493 e. The van der Waals surface area contributed by atoms with E-state index in [1.165, 1.54) is 26.4 Å². The van der Waals surface area contributed by atoms with Crippen molar-refractivity contribution in [1.82, 2.24) is 5.32 Å². The normalized spacial score (nSPS) is 11.9. The molecule has 7 nitrogen and oxygen atoms in total. The summed E-state index contributed by atoms with van der Waals surface area (Å²) in [4.78, 5) is 23.3. The second-order valence-corrected chi connectivity index (χ2v) is 5.92. The average Bonchev–Trinajstić information content (AvgIpc) is 2.51. The molecule has 24 heavy (non-hydrogen) atoms. The van der Waals surface area contributed by atoms with Gasteiger partial charge in [-0.15, -0.1) is 0 Å². The molecular weight excluding hydrogens is 338 g/mol. The van der Waals surface area contributed by atoms with Gasteiger partial charge >= 0.3 is 5.97 Å². The van der Waals surface area contributed by atoms with Crippen LogP contribution in [0.4, 0.5) is 0 Å². The number of hydrogen-bond acceptors (Lipinski definition) is 5. The highest BCUT2D eigenvalue weighted by Crippen LogP contribution is 2.36. The lowest BCUT2D eigenvalue weighted by molar-refractivity contribution is -0.140. The third-order valence-corrected chi connectivity index (χ3v) is 3.27. The number of methoxy groups -OCH3 is 2. The van der Waals surface area contributed by atoms with E-state index in [9.17, 15) is 9.59 Å². The number of carbonyl (C=O) groups is 2. The standard InChI is InChI=1S/C16H22ClNO6/c1-9(2)7-24-14-11(17)5-10(6-13(14)23-4)15(19)18-12(8-22-3)16(20)21/h5-6,9,12H,7-8H2,1-4H3,(H,18,19)(H,20,21). The molecule has 1 aromatic carbocycles. The average molecular weight is 360 g/mol. The number of carboxylic acid groups (broad SMARTS) is 1. The van der Waals surface area contributed by atoms with Gasteiger partial charge in [0.05, 0.1) is 25.3 Å². The van der Waals surface area contributed by atoms with E-state index in [1.807, 2.05) is 13.8 Å². The lowest BCUT2D eigenvalue weighted by Gasteiger charge is -2.17. The summed E-state index contributed by atoms with van der Waals surface area (Å²) in [7, 11) is 2.78. The Balaban J connectivity index is 3.01. The molecule has 0 fully saturated rings. The Hall–Kier alpha value is -1.99. The number of amides is 1. The topological polar surface area (TPSA) is 94.1 Å². The van der Waals surface area contributed by atoms with Crippen LogP contribution in [0.2, 0.25) is 5.02 Å². The van der Waals surface area contributed by atoms with Gasteiger partial charge < -0.3 is 24.6 Å². The van der Waals surface area contributed by atoms with Crippen molar-refractivity contribution in [3.05, 3.63) is 22.7 Å². The minimum absolute atomic E-state index is 0.151. The Morgan fingerprint density at radius 3 is 2.42 bits per heavy atom. The molecule has 1 rings (SSSR count). The third-order valence-electron chi connectivity index (χ3n) is 2.99. The van der Waals surface area contributed by atoms with E-state index in [4.69, 9.17) is 30.9 Å². The lowest BCUT2D eigenvalue weighted by atomic mass is 10.1. The molecule has 0 saturated carbocycles. The van der Waals surface area contributed by atoms with Gasteiger partial charge in [0.15, 0.2) is 17.5 Å². The number of nitrogens with one attached hydrogen (secondary N) is 1. The molecule has 0 aliphatic rings. The van der Waals surface area contributed by atoms with E-state index < -0.39 is 17.9 Å². The lowest BCUT2D eigenvalue weighted by Crippen LogP contribution is -2.43. The fourth-order valence-corrected chi connectivity index (χ4v) is 2.09. The van der Waals surface area contributed by atoms with Gasteiger partial charge in [-0.3, -0.25) is 4.79 Å². The molecule has 0 aliphatic heterocycles. The molecule has 2 N–H and O–H groups in total. The molecule has 1 atom stereocenters. The number of ether oxygens (including phenoxy) is 3. The molecular formula is C16H22ClNO6. The maximum Gasteiger partial charge on any atom is 0.328 e. The summed E-state index contributed by atoms with van der Waals surface area (Å²) < 4.78 is 15.6. The summed E-state index contributed by atoms with van der Waals surface area (Å²) in [5.74, 6) is -0.864. The third kappa shape index (κ3) is 5.58. The fourth-order valence-electron chi connectivity index (χ4n) is 1.82. The van der Waals surface area contributed by atoms with E-state index in [-0.39, 0.29) is 17.2 Å². The van der Waals surface area contributed by atoms with Gasteiger partial charge in [-0.05, 0) is 18.1 Å². The van der Waals surface area contributed by atoms with Crippen LogP contribution in [-0.2, 0) is 9.53 Å². The number of benzene rings is 1. The van der Waals surface area contributed by atoms with Crippen LogP contribution in [0.1, 0.15) is 24.2 Å². The van der Waals surface area contributed by atoms with Crippen molar-refractivity contribution in [2.45, 2.75) is 19.9 Å². The van der Waals surface area contributed by atoms with Crippen molar-refractivity contribution in [3.8, 4) is 11.5 Å². The Morgan fingerprint density at radius 1 is 1.25 bits per heavy atom. The van der Waals surface area contributed by atoms with Crippen molar-refractivity contribution in [2.75, 3.05) is 27.4 Å². The minimum atomic E-state index is -1.19. The first-order valence-corrected chi connectivity index (χ1v) is 7.70. The van der Waals surface area contributed by atoms with Crippen molar-refractivity contribution in [3.63, 3.8) is 0 Å². The van der Waals surface area contributed by atoms with Gasteiger partial charge in [-0.1, -0.05) is 25.4 Å². The van der Waals surface area contributed by atoms with E-state index in [0.29, 0.717) is 24.0 Å². The fraction of sp³-hybridized carbons (Fsp3) is 0.500. The molecule has 0 aliphatic carbocycles. The monoisotopic (exact) mass is 359 g/mol. The van der Waals surface area contributed by atoms with Crippen molar-refractivity contribution in [1.29, 1.82) is 0 Å². The predicted molar refractivity (Wildman–Crippen MR) is 89.1 cm³/mol. The molecule has 8 heteroatoms. The second-order valence-electron chi connectivity index (χ2n) is 5.51. The molecule has 0 saturated heterocycles. The van der Waals surface area contributed by atoms with E-state index in [2.05, 4.69) is 5.32 Å². The van der Waals surface area contributed by atoms with Crippen LogP contribution in [0, 0.1) is 5.92 Å². The number of rotatable bonds is 9. The van der Waals surface area contributed by atoms with Crippen LogP contribution >= 0.6 is 11.6 Å². The van der Waals surface area contributed by atoms with Gasteiger partial charge in [0.1, 0.15) is 0 Å². The van der Waals surface area contributed by atoms with Crippen LogP contribution in [0.5, 0.6) is 11.5 Å². The summed E-state index contributed by atoms with van der Waals surface area (Å²) in [6, 6.07) is 1.69. The first kappa shape index (κ1) is 20.1. The zero-order valence-corrected chi connectivity index (χ0v) is 14.8. The summed E-state index contributed by atoms with van der Waals surface area (Å²) >= 11 is 6.18. The number of aliphatic carboxylic acids is 1. The van der Waals surface area contributed by atoms with Gasteiger partial charge in [-0.25, -0.2) is 4.79 Å². The highest BCUT2D eigenvalue weighted by Gasteiger charge is 2.22. The van der Waals surface area contributed by atoms with Gasteiger partial charge in [0, 0.05) is 12.7 Å². The van der Waals surface area contributed by atoms with Crippen molar-refractivity contribution in [2.24, 2.45) is 5.92 Å². The number of carbonyl (C=O) groups excluding carboxylic acids is 1. The molecule has 134 valence electrons. The number of hydrogen-bond donors (Lipinski definition) is 2. The van der Waals surface area contributed by atoms with Crippen LogP contribution in [-0.4, -0.2) is 50.5 Å². The summed E-state index contributed by atoms with van der Waals surface area (Å²) in [5.41, 5.74) is 0.163. The predicted octanol–water partition coefficient (Wildman–Crippen LogP) is 2.21. The molecule has 0 aromatic heterocycles. The van der Waals surface area contributed by atoms with E-state index >= 15 is 0 Å². The molecule has 1 amide bonds. The van der Waals surface area contributed by atoms with Crippen molar-refractivity contribution >= 4 is 23.5 Å². The number of halogens is 1. The van der Waals surface area contributed by atoms with E-state index in [1.54, 1.807) is 0 Å². The maximum atomic E-state index is 12.2. The van der Waals surface area contributed by atoms with E-state index in [0.717, 1.165) is 0 Å².